The van der Waals surface area contributed by atoms with Gasteiger partial charge in [-0.1, -0.05) is 43.0 Å². The topological polar surface area (TPSA) is 35.5 Å². The van der Waals surface area contributed by atoms with Gasteiger partial charge in [0.25, 0.3) is 0 Å². The summed E-state index contributed by atoms with van der Waals surface area (Å²) in [5.74, 6) is 0.962. The predicted octanol–water partition coefficient (Wildman–Crippen LogP) is 5.82. The molecule has 0 saturated heterocycles. The van der Waals surface area contributed by atoms with E-state index in [9.17, 15) is 9.18 Å². The summed E-state index contributed by atoms with van der Waals surface area (Å²) in [6, 6.07) is 20.5. The summed E-state index contributed by atoms with van der Waals surface area (Å²) < 4.78 is 24.2. The molecule has 0 aliphatic rings. The van der Waals surface area contributed by atoms with Crippen LogP contribution in [0.2, 0.25) is 0 Å². The van der Waals surface area contributed by atoms with Gasteiger partial charge in [-0.05, 0) is 65.7 Å². The van der Waals surface area contributed by atoms with Crippen molar-refractivity contribution >= 4 is 17.9 Å². The van der Waals surface area contributed by atoms with Gasteiger partial charge in [-0.25, -0.2) is 4.39 Å². The molecule has 3 aromatic rings. The first-order chi connectivity index (χ1) is 14.1. The quantitative estimate of drug-likeness (QED) is 0.263. The van der Waals surface area contributed by atoms with Crippen LogP contribution in [0.5, 0.6) is 11.5 Å². The first kappa shape index (κ1) is 20.1. The second-order valence-corrected chi connectivity index (χ2v) is 6.24. The monoisotopic (exact) mass is 388 g/mol. The molecule has 0 atom stereocenters. The van der Waals surface area contributed by atoms with Gasteiger partial charge in [0.2, 0.25) is 0 Å². The van der Waals surface area contributed by atoms with Crippen molar-refractivity contribution in [3.8, 4) is 11.5 Å². The molecule has 4 heteroatoms. The molecule has 3 nitrogen and oxygen atoms in total. The fourth-order valence-corrected chi connectivity index (χ4v) is 2.58. The Hall–Kier alpha value is -3.66. The Bertz CT molecular complexity index is 972. The number of carbonyl (C=O) groups is 1. The number of benzene rings is 3. The lowest BCUT2D eigenvalue weighted by molar-refractivity contribution is 0.104. The molecule has 0 unspecified atom stereocenters. The first-order valence-corrected chi connectivity index (χ1v) is 9.20. The Morgan fingerprint density at radius 1 is 0.793 bits per heavy atom. The molecule has 29 heavy (non-hydrogen) atoms. The molecule has 146 valence electrons. The van der Waals surface area contributed by atoms with E-state index >= 15 is 0 Å². The molecule has 0 aliphatic heterocycles. The molecular weight excluding hydrogens is 367 g/mol. The lowest BCUT2D eigenvalue weighted by Crippen LogP contribution is -2.08. The van der Waals surface area contributed by atoms with Gasteiger partial charge in [-0.15, -0.1) is 0 Å². The maximum absolute atomic E-state index is 12.9. The highest BCUT2D eigenvalue weighted by Crippen LogP contribution is 2.15. The van der Waals surface area contributed by atoms with Crippen molar-refractivity contribution in [1.82, 2.24) is 0 Å². The van der Waals surface area contributed by atoms with E-state index in [1.54, 1.807) is 12.2 Å². The summed E-state index contributed by atoms with van der Waals surface area (Å²) in [6.45, 7) is 4.57. The average molecular weight is 388 g/mol. The van der Waals surface area contributed by atoms with E-state index in [4.69, 9.17) is 9.47 Å². The molecule has 0 saturated carbocycles. The molecule has 0 aromatic heterocycles. The number of halogens is 1. The third-order valence-electron chi connectivity index (χ3n) is 4.17. The van der Waals surface area contributed by atoms with E-state index in [0.29, 0.717) is 18.8 Å². The smallest absolute Gasteiger partial charge is 0.185 e. The van der Waals surface area contributed by atoms with E-state index in [1.165, 1.54) is 30.3 Å². The maximum Gasteiger partial charge on any atom is 0.185 e. The molecule has 0 spiro atoms. The summed E-state index contributed by atoms with van der Waals surface area (Å²) in [4.78, 5) is 12.1. The van der Waals surface area contributed by atoms with Gasteiger partial charge < -0.3 is 9.47 Å². The summed E-state index contributed by atoms with van der Waals surface area (Å²) in [5, 5.41) is 0. The number of ether oxygens (including phenoxy) is 2. The zero-order chi connectivity index (χ0) is 20.5. The molecule has 0 fully saturated rings. The van der Waals surface area contributed by atoms with Crippen LogP contribution >= 0.6 is 0 Å². The van der Waals surface area contributed by atoms with Crippen LogP contribution in [0.15, 0.2) is 85.5 Å². The minimum Gasteiger partial charge on any atom is -0.490 e. The SMILES string of the molecule is C=Cc1ccc(OCCOc2ccc(C=CC(=O)c3ccc(F)cc3)cc2)cc1. The number of allylic oxidation sites excluding steroid dienone is 1. The van der Waals surface area contributed by atoms with Gasteiger partial charge >= 0.3 is 0 Å². The summed E-state index contributed by atoms with van der Waals surface area (Å²) in [7, 11) is 0. The van der Waals surface area contributed by atoms with Crippen molar-refractivity contribution in [3.05, 3.63) is 108 Å². The second kappa shape index (κ2) is 10.0. The minimum atomic E-state index is -0.364. The van der Waals surface area contributed by atoms with Crippen LogP contribution in [-0.2, 0) is 0 Å². The summed E-state index contributed by atoms with van der Waals surface area (Å²) in [5.41, 5.74) is 2.36. The molecule has 0 aliphatic carbocycles. The molecule has 0 bridgehead atoms. The van der Waals surface area contributed by atoms with E-state index < -0.39 is 0 Å². The highest BCUT2D eigenvalue weighted by molar-refractivity contribution is 6.06. The number of ketones is 1. The standard InChI is InChI=1S/C25H21FO3/c1-2-19-3-12-23(13-4-19)28-17-18-29-24-14-5-20(6-15-24)7-16-25(27)21-8-10-22(26)11-9-21/h2-16H,1,17-18H2. The number of hydrogen-bond acceptors (Lipinski definition) is 3. The highest BCUT2D eigenvalue weighted by atomic mass is 19.1. The van der Waals surface area contributed by atoms with Crippen LogP contribution in [0.3, 0.4) is 0 Å². The van der Waals surface area contributed by atoms with E-state index in [-0.39, 0.29) is 11.6 Å². The molecule has 0 N–H and O–H groups in total. The van der Waals surface area contributed by atoms with Gasteiger partial charge in [-0.2, -0.15) is 0 Å². The van der Waals surface area contributed by atoms with E-state index in [2.05, 4.69) is 6.58 Å². The fourth-order valence-electron chi connectivity index (χ4n) is 2.58. The average Bonchev–Trinajstić information content (AvgIpc) is 2.77. The molecule has 0 heterocycles. The number of rotatable bonds is 9. The molecule has 3 rings (SSSR count). The molecule has 0 amide bonds. The van der Waals surface area contributed by atoms with Crippen LogP contribution in [0.1, 0.15) is 21.5 Å². The Morgan fingerprint density at radius 2 is 1.31 bits per heavy atom. The largest absolute Gasteiger partial charge is 0.490 e. The Labute approximate surface area is 169 Å². The Morgan fingerprint density at radius 3 is 1.83 bits per heavy atom. The molecule has 0 radical (unpaired) electrons. The van der Waals surface area contributed by atoms with E-state index in [0.717, 1.165) is 22.6 Å². The van der Waals surface area contributed by atoms with Crippen molar-refractivity contribution in [2.24, 2.45) is 0 Å². The van der Waals surface area contributed by atoms with Gasteiger partial charge in [0.05, 0.1) is 0 Å². The lowest BCUT2D eigenvalue weighted by Gasteiger charge is -2.08. The highest BCUT2D eigenvalue weighted by Gasteiger charge is 2.02. The zero-order valence-electron chi connectivity index (χ0n) is 15.9. The fraction of sp³-hybridized carbons (Fsp3) is 0.0800. The van der Waals surface area contributed by atoms with Gasteiger partial charge in [0.15, 0.2) is 5.78 Å². The Kier molecular flexibility index (Phi) is 6.95. The van der Waals surface area contributed by atoms with Gasteiger partial charge in [0, 0.05) is 5.56 Å². The molecule has 3 aromatic carbocycles. The van der Waals surface area contributed by atoms with Crippen LogP contribution in [-0.4, -0.2) is 19.0 Å². The maximum atomic E-state index is 12.9. The lowest BCUT2D eigenvalue weighted by atomic mass is 10.1. The first-order valence-electron chi connectivity index (χ1n) is 9.20. The van der Waals surface area contributed by atoms with Crippen LogP contribution in [0, 0.1) is 5.82 Å². The van der Waals surface area contributed by atoms with E-state index in [1.807, 2.05) is 48.5 Å². The summed E-state index contributed by atoms with van der Waals surface area (Å²) >= 11 is 0. The normalized spacial score (nSPS) is 10.7. The van der Waals surface area contributed by atoms with Gasteiger partial charge in [0.1, 0.15) is 30.5 Å². The Balaban J connectivity index is 1.45. The van der Waals surface area contributed by atoms with Gasteiger partial charge in [-0.3, -0.25) is 4.79 Å². The number of hydrogen-bond donors (Lipinski definition) is 0. The number of carbonyl (C=O) groups excluding carboxylic acids is 1. The van der Waals surface area contributed by atoms with Crippen molar-refractivity contribution in [3.63, 3.8) is 0 Å². The minimum absolute atomic E-state index is 0.177. The summed E-state index contributed by atoms with van der Waals surface area (Å²) in [6.07, 6.45) is 4.96. The van der Waals surface area contributed by atoms with Crippen molar-refractivity contribution in [2.75, 3.05) is 13.2 Å². The molecular formula is C25H21FO3. The second-order valence-electron chi connectivity index (χ2n) is 6.24. The third-order valence-corrected chi connectivity index (χ3v) is 4.17. The van der Waals surface area contributed by atoms with Crippen LogP contribution in [0.4, 0.5) is 4.39 Å². The van der Waals surface area contributed by atoms with Crippen LogP contribution < -0.4 is 9.47 Å². The third kappa shape index (κ3) is 6.18. The van der Waals surface area contributed by atoms with Crippen molar-refractivity contribution < 1.29 is 18.7 Å². The predicted molar refractivity (Wildman–Crippen MR) is 114 cm³/mol. The zero-order valence-corrected chi connectivity index (χ0v) is 15.9. The van der Waals surface area contributed by atoms with Crippen molar-refractivity contribution in [2.45, 2.75) is 0 Å². The van der Waals surface area contributed by atoms with Crippen LogP contribution in [0.25, 0.3) is 12.2 Å². The van der Waals surface area contributed by atoms with Crippen molar-refractivity contribution in [1.29, 1.82) is 0 Å².